The van der Waals surface area contributed by atoms with Crippen LogP contribution in [-0.2, 0) is 0 Å². The summed E-state index contributed by atoms with van der Waals surface area (Å²) in [6.45, 7) is 12.1. The van der Waals surface area contributed by atoms with Gasteiger partial charge in [-0.25, -0.2) is 0 Å². The average Bonchev–Trinajstić information content (AvgIpc) is 2.74. The average molecular weight is 217 g/mol. The maximum Gasteiger partial charge on any atom is -0.00375 e. The summed E-state index contributed by atoms with van der Waals surface area (Å²) in [6.07, 6.45) is 0. The van der Waals surface area contributed by atoms with Gasteiger partial charge >= 0.3 is 0 Å². The van der Waals surface area contributed by atoms with Crippen molar-refractivity contribution in [2.75, 3.05) is 6.54 Å². The van der Waals surface area contributed by atoms with Crippen LogP contribution in [0, 0.1) is 32.1 Å². The van der Waals surface area contributed by atoms with Crippen LogP contribution in [0.2, 0.25) is 0 Å². The van der Waals surface area contributed by atoms with E-state index in [2.05, 4.69) is 46.8 Å². The van der Waals surface area contributed by atoms with Crippen molar-refractivity contribution in [3.63, 3.8) is 0 Å². The zero-order chi connectivity index (χ0) is 12.1. The minimum atomic E-state index is 0.390. The van der Waals surface area contributed by atoms with Gasteiger partial charge in [-0.3, -0.25) is 0 Å². The van der Waals surface area contributed by atoms with E-state index >= 15 is 0 Å². The van der Waals surface area contributed by atoms with Gasteiger partial charge in [-0.15, -0.1) is 0 Å². The molecule has 16 heavy (non-hydrogen) atoms. The second-order valence-corrected chi connectivity index (χ2v) is 5.93. The van der Waals surface area contributed by atoms with Crippen LogP contribution < -0.4 is 5.73 Å². The standard InChI is InChI=1S/C15H23N/c1-9-6-11(3)12(7-10(9)2)14-13(8-16)15(14,4)5/h6-7,13-14H,8,16H2,1-5H3/t13-,14-/m0/s1. The maximum absolute atomic E-state index is 5.86. The van der Waals surface area contributed by atoms with Gasteiger partial charge in [0.15, 0.2) is 0 Å². The molecule has 0 spiro atoms. The number of hydrogen-bond acceptors (Lipinski definition) is 1. The van der Waals surface area contributed by atoms with Gasteiger partial charge in [0.05, 0.1) is 0 Å². The van der Waals surface area contributed by atoms with E-state index in [4.69, 9.17) is 5.73 Å². The predicted molar refractivity (Wildman–Crippen MR) is 69.7 cm³/mol. The Balaban J connectivity index is 2.40. The van der Waals surface area contributed by atoms with E-state index in [9.17, 15) is 0 Å². The highest BCUT2D eigenvalue weighted by molar-refractivity contribution is 5.43. The van der Waals surface area contributed by atoms with Gasteiger partial charge in [0.2, 0.25) is 0 Å². The Kier molecular flexibility index (Phi) is 2.62. The third-order valence-electron chi connectivity index (χ3n) is 4.52. The number of aryl methyl sites for hydroxylation is 3. The molecular weight excluding hydrogens is 194 g/mol. The molecule has 0 heterocycles. The van der Waals surface area contributed by atoms with Crippen molar-refractivity contribution in [3.8, 4) is 0 Å². The summed E-state index contributed by atoms with van der Waals surface area (Å²) in [4.78, 5) is 0. The van der Waals surface area contributed by atoms with Crippen LogP contribution in [0.4, 0.5) is 0 Å². The van der Waals surface area contributed by atoms with Crippen LogP contribution in [0.3, 0.4) is 0 Å². The van der Waals surface area contributed by atoms with Crippen molar-refractivity contribution < 1.29 is 0 Å². The Morgan fingerprint density at radius 3 is 2.12 bits per heavy atom. The first-order valence-corrected chi connectivity index (χ1v) is 6.17. The molecule has 88 valence electrons. The van der Waals surface area contributed by atoms with Crippen LogP contribution in [0.15, 0.2) is 12.1 Å². The third kappa shape index (κ3) is 1.58. The first-order chi connectivity index (χ1) is 7.39. The zero-order valence-electron chi connectivity index (χ0n) is 11.1. The minimum absolute atomic E-state index is 0.390. The van der Waals surface area contributed by atoms with Gasteiger partial charge in [0.25, 0.3) is 0 Å². The Morgan fingerprint density at radius 1 is 1.06 bits per heavy atom. The summed E-state index contributed by atoms with van der Waals surface area (Å²) in [6, 6.07) is 4.68. The molecule has 0 aliphatic heterocycles. The summed E-state index contributed by atoms with van der Waals surface area (Å²) in [7, 11) is 0. The molecule has 2 atom stereocenters. The van der Waals surface area contributed by atoms with Gasteiger partial charge in [-0.2, -0.15) is 0 Å². The molecular formula is C15H23N. The second kappa shape index (κ2) is 3.59. The van der Waals surface area contributed by atoms with Gasteiger partial charge in [0, 0.05) is 0 Å². The SMILES string of the molecule is Cc1cc(C)c([C@H]2[C@H](CN)C2(C)C)cc1C. The van der Waals surface area contributed by atoms with Crippen LogP contribution in [-0.4, -0.2) is 6.54 Å². The summed E-state index contributed by atoms with van der Waals surface area (Å²) in [5.41, 5.74) is 12.0. The second-order valence-electron chi connectivity index (χ2n) is 5.93. The molecule has 1 aliphatic carbocycles. The normalized spacial score (nSPS) is 26.9. The lowest BCUT2D eigenvalue weighted by Gasteiger charge is -2.11. The fourth-order valence-electron chi connectivity index (χ4n) is 3.12. The smallest absolute Gasteiger partial charge is 0.00375 e. The lowest BCUT2D eigenvalue weighted by molar-refractivity contribution is 0.558. The molecule has 2 N–H and O–H groups in total. The molecule has 1 heteroatoms. The van der Waals surface area contributed by atoms with E-state index < -0.39 is 0 Å². The van der Waals surface area contributed by atoms with Crippen molar-refractivity contribution in [1.82, 2.24) is 0 Å². The maximum atomic E-state index is 5.86. The fourth-order valence-corrected chi connectivity index (χ4v) is 3.12. The van der Waals surface area contributed by atoms with Gasteiger partial charge in [-0.05, 0) is 66.8 Å². The molecule has 0 unspecified atom stereocenters. The summed E-state index contributed by atoms with van der Waals surface area (Å²) < 4.78 is 0. The monoisotopic (exact) mass is 217 g/mol. The molecule has 0 bridgehead atoms. The van der Waals surface area contributed by atoms with E-state index in [1.54, 1.807) is 0 Å². The number of hydrogen-bond donors (Lipinski definition) is 1. The largest absolute Gasteiger partial charge is 0.330 e. The van der Waals surface area contributed by atoms with Crippen molar-refractivity contribution in [2.24, 2.45) is 17.1 Å². The number of nitrogens with two attached hydrogens (primary N) is 1. The van der Waals surface area contributed by atoms with Gasteiger partial charge < -0.3 is 5.73 Å². The van der Waals surface area contributed by atoms with E-state index in [0.29, 0.717) is 17.3 Å². The van der Waals surface area contributed by atoms with Crippen molar-refractivity contribution in [3.05, 3.63) is 34.4 Å². The molecule has 2 rings (SSSR count). The first-order valence-electron chi connectivity index (χ1n) is 6.17. The molecule has 1 saturated carbocycles. The summed E-state index contributed by atoms with van der Waals surface area (Å²) in [5, 5.41) is 0. The Labute approximate surface area is 99.0 Å². The van der Waals surface area contributed by atoms with E-state index in [1.165, 1.54) is 22.3 Å². The molecule has 1 aromatic carbocycles. The Bertz CT molecular complexity index is 418. The quantitative estimate of drug-likeness (QED) is 0.808. The van der Waals surface area contributed by atoms with Crippen LogP contribution >= 0.6 is 0 Å². The molecule has 1 nitrogen and oxygen atoms in total. The molecule has 1 fully saturated rings. The van der Waals surface area contributed by atoms with Gasteiger partial charge in [-0.1, -0.05) is 26.0 Å². The summed E-state index contributed by atoms with van der Waals surface area (Å²) in [5.74, 6) is 1.32. The van der Waals surface area contributed by atoms with Crippen LogP contribution in [0.1, 0.15) is 42.0 Å². The Hall–Kier alpha value is -0.820. The molecule has 0 amide bonds. The topological polar surface area (TPSA) is 26.0 Å². The Morgan fingerprint density at radius 2 is 1.62 bits per heavy atom. The summed E-state index contributed by atoms with van der Waals surface area (Å²) >= 11 is 0. The third-order valence-corrected chi connectivity index (χ3v) is 4.52. The van der Waals surface area contributed by atoms with Crippen molar-refractivity contribution in [1.29, 1.82) is 0 Å². The highest BCUT2D eigenvalue weighted by Crippen LogP contribution is 2.64. The van der Waals surface area contributed by atoms with E-state index in [1.807, 2.05) is 0 Å². The van der Waals surface area contributed by atoms with Crippen LogP contribution in [0.5, 0.6) is 0 Å². The van der Waals surface area contributed by atoms with Crippen molar-refractivity contribution >= 4 is 0 Å². The number of benzene rings is 1. The molecule has 0 aromatic heterocycles. The van der Waals surface area contributed by atoms with Crippen molar-refractivity contribution in [2.45, 2.75) is 40.5 Å². The predicted octanol–water partition coefficient (Wildman–Crippen LogP) is 3.31. The molecule has 1 aromatic rings. The highest BCUT2D eigenvalue weighted by atomic mass is 14.7. The number of rotatable bonds is 2. The lowest BCUT2D eigenvalue weighted by atomic mass is 9.94. The minimum Gasteiger partial charge on any atom is -0.330 e. The lowest BCUT2D eigenvalue weighted by Crippen LogP contribution is -2.05. The van der Waals surface area contributed by atoms with E-state index in [-0.39, 0.29) is 0 Å². The fraction of sp³-hybridized carbons (Fsp3) is 0.600. The van der Waals surface area contributed by atoms with E-state index in [0.717, 1.165) is 6.54 Å². The van der Waals surface area contributed by atoms with Gasteiger partial charge in [0.1, 0.15) is 0 Å². The molecule has 1 aliphatic rings. The zero-order valence-corrected chi connectivity index (χ0v) is 11.1. The first kappa shape index (κ1) is 11.7. The molecule has 0 radical (unpaired) electrons. The molecule has 0 saturated heterocycles. The van der Waals surface area contributed by atoms with Crippen LogP contribution in [0.25, 0.3) is 0 Å². The highest BCUT2D eigenvalue weighted by Gasteiger charge is 2.57.